The molecule has 0 saturated carbocycles. The van der Waals surface area contributed by atoms with Crippen molar-refractivity contribution in [3.05, 3.63) is 24.4 Å². The van der Waals surface area contributed by atoms with Gasteiger partial charge in [-0.05, 0) is 38.8 Å². The number of piperazine rings is 1. The minimum Gasteiger partial charge on any atom is -0.383 e. The quantitative estimate of drug-likeness (QED) is 0.531. The van der Waals surface area contributed by atoms with Gasteiger partial charge in [-0.3, -0.25) is 4.99 Å². The third kappa shape index (κ3) is 5.18. The maximum atomic E-state index is 6.54. The zero-order chi connectivity index (χ0) is 22.6. The van der Waals surface area contributed by atoms with Crippen molar-refractivity contribution >= 4 is 11.8 Å². The van der Waals surface area contributed by atoms with Crippen molar-refractivity contribution in [3.63, 3.8) is 0 Å². The molecule has 3 aliphatic heterocycles. The molecule has 3 saturated heterocycles. The van der Waals surface area contributed by atoms with Crippen molar-refractivity contribution in [3.8, 4) is 0 Å². The number of ether oxygens (including phenoxy) is 3. The van der Waals surface area contributed by atoms with E-state index in [-0.39, 0.29) is 23.9 Å². The van der Waals surface area contributed by atoms with Crippen LogP contribution in [0.1, 0.15) is 33.6 Å². The normalized spacial score (nSPS) is 32.0. The summed E-state index contributed by atoms with van der Waals surface area (Å²) in [6.45, 7) is 12.2. The maximum absolute atomic E-state index is 6.54. The predicted molar refractivity (Wildman–Crippen MR) is 126 cm³/mol. The fraction of sp³-hybridized carbons (Fsp3) is 0.750. The van der Waals surface area contributed by atoms with Gasteiger partial charge in [-0.1, -0.05) is 13.0 Å². The molecule has 0 radical (unpaired) electrons. The molecule has 3 fully saturated rings. The molecule has 1 N–H and O–H groups in total. The first kappa shape index (κ1) is 23.3. The smallest absolute Gasteiger partial charge is 0.194 e. The van der Waals surface area contributed by atoms with Crippen LogP contribution >= 0.6 is 0 Å². The molecule has 32 heavy (non-hydrogen) atoms. The van der Waals surface area contributed by atoms with E-state index in [2.05, 4.69) is 46.9 Å². The minimum absolute atomic E-state index is 0.120. The van der Waals surface area contributed by atoms with E-state index in [0.717, 1.165) is 50.8 Å². The molecule has 5 unspecified atom stereocenters. The second-order valence-electron chi connectivity index (χ2n) is 9.48. The average Bonchev–Trinajstić information content (AvgIpc) is 3.36. The maximum Gasteiger partial charge on any atom is 0.194 e. The number of rotatable bonds is 6. The molecule has 0 amide bonds. The molecule has 0 aliphatic carbocycles. The number of anilines is 1. The summed E-state index contributed by atoms with van der Waals surface area (Å²) in [4.78, 5) is 14.2. The lowest BCUT2D eigenvalue weighted by atomic mass is 9.86. The van der Waals surface area contributed by atoms with Crippen LogP contribution < -0.4 is 10.2 Å². The minimum atomic E-state index is -0.120. The van der Waals surface area contributed by atoms with E-state index in [0.29, 0.717) is 25.7 Å². The number of methoxy groups -OCH3 is 1. The summed E-state index contributed by atoms with van der Waals surface area (Å²) in [6, 6.07) is 6.26. The van der Waals surface area contributed by atoms with E-state index < -0.39 is 0 Å². The van der Waals surface area contributed by atoms with Gasteiger partial charge in [0.1, 0.15) is 5.82 Å². The molecule has 1 spiro atoms. The highest BCUT2D eigenvalue weighted by molar-refractivity contribution is 5.80. The highest BCUT2D eigenvalue weighted by atomic mass is 16.6. The highest BCUT2D eigenvalue weighted by Gasteiger charge is 2.51. The summed E-state index contributed by atoms with van der Waals surface area (Å²) in [5.41, 5.74) is -0.120. The van der Waals surface area contributed by atoms with Gasteiger partial charge in [-0.2, -0.15) is 0 Å². The van der Waals surface area contributed by atoms with Crippen LogP contribution in [0, 0.1) is 5.92 Å². The number of aromatic nitrogens is 1. The molecule has 5 atom stereocenters. The van der Waals surface area contributed by atoms with Gasteiger partial charge in [0.15, 0.2) is 5.96 Å². The predicted octanol–water partition coefficient (Wildman–Crippen LogP) is 2.16. The number of nitrogens with zero attached hydrogens (tertiary/aromatic N) is 4. The zero-order valence-corrected chi connectivity index (χ0v) is 20.0. The molecule has 8 nitrogen and oxygen atoms in total. The van der Waals surface area contributed by atoms with Crippen molar-refractivity contribution in [2.45, 2.75) is 57.5 Å². The Labute approximate surface area is 192 Å². The Balaban J connectivity index is 1.38. The standard InChI is InChI=1S/C24H39N5O3/c1-18(16-30-4)27-23(29-13-11-28(12-14-29)22-7-5-6-10-25-22)26-15-21-8-9-24(32-21)17-31-20(3)19(24)2/h5-7,10,18-21H,8-9,11-17H2,1-4H3,(H,26,27). The molecule has 4 rings (SSSR count). The fourth-order valence-corrected chi connectivity index (χ4v) is 5.03. The van der Waals surface area contributed by atoms with E-state index in [1.54, 1.807) is 7.11 Å². The van der Waals surface area contributed by atoms with Crippen LogP contribution in [0.15, 0.2) is 29.4 Å². The topological polar surface area (TPSA) is 71.5 Å². The third-order valence-corrected chi connectivity index (χ3v) is 7.20. The van der Waals surface area contributed by atoms with Crippen LogP contribution in [0.3, 0.4) is 0 Å². The monoisotopic (exact) mass is 445 g/mol. The van der Waals surface area contributed by atoms with Gasteiger partial charge in [-0.15, -0.1) is 0 Å². The Morgan fingerprint density at radius 3 is 2.78 bits per heavy atom. The lowest BCUT2D eigenvalue weighted by molar-refractivity contribution is -0.0585. The van der Waals surface area contributed by atoms with E-state index >= 15 is 0 Å². The second kappa shape index (κ2) is 10.4. The molecule has 0 bridgehead atoms. The van der Waals surface area contributed by atoms with E-state index in [9.17, 15) is 0 Å². The highest BCUT2D eigenvalue weighted by Crippen LogP contribution is 2.43. The Hall–Kier alpha value is -1.90. The largest absolute Gasteiger partial charge is 0.383 e. The van der Waals surface area contributed by atoms with Gasteiger partial charge in [0.05, 0.1) is 37.6 Å². The van der Waals surface area contributed by atoms with Gasteiger partial charge in [0, 0.05) is 51.4 Å². The fourth-order valence-electron chi connectivity index (χ4n) is 5.03. The Kier molecular flexibility index (Phi) is 7.53. The van der Waals surface area contributed by atoms with E-state index in [1.165, 1.54) is 0 Å². The Bertz CT molecular complexity index is 755. The lowest BCUT2D eigenvalue weighted by Gasteiger charge is -2.38. The first-order chi connectivity index (χ1) is 15.5. The summed E-state index contributed by atoms with van der Waals surface area (Å²) >= 11 is 0. The van der Waals surface area contributed by atoms with Crippen LogP contribution in [0.5, 0.6) is 0 Å². The van der Waals surface area contributed by atoms with Gasteiger partial charge < -0.3 is 29.3 Å². The summed E-state index contributed by atoms with van der Waals surface area (Å²) in [6.07, 6.45) is 4.37. The van der Waals surface area contributed by atoms with Crippen LogP contribution in [0.25, 0.3) is 0 Å². The molecule has 0 aromatic carbocycles. The first-order valence-electron chi connectivity index (χ1n) is 12.0. The molecular formula is C24H39N5O3. The number of guanidine groups is 1. The molecule has 178 valence electrons. The average molecular weight is 446 g/mol. The molecule has 4 heterocycles. The Morgan fingerprint density at radius 2 is 2.12 bits per heavy atom. The number of aliphatic imine (C=N–C) groups is 1. The summed E-state index contributed by atoms with van der Waals surface area (Å²) in [7, 11) is 1.73. The van der Waals surface area contributed by atoms with Crippen LogP contribution in [-0.2, 0) is 14.2 Å². The second-order valence-corrected chi connectivity index (χ2v) is 9.48. The van der Waals surface area contributed by atoms with Crippen molar-refractivity contribution in [1.82, 2.24) is 15.2 Å². The van der Waals surface area contributed by atoms with Crippen LogP contribution in [0.2, 0.25) is 0 Å². The van der Waals surface area contributed by atoms with Crippen molar-refractivity contribution < 1.29 is 14.2 Å². The summed E-state index contributed by atoms with van der Waals surface area (Å²) < 4.78 is 17.8. The first-order valence-corrected chi connectivity index (χ1v) is 12.0. The third-order valence-electron chi connectivity index (χ3n) is 7.20. The number of nitrogens with one attached hydrogen (secondary N) is 1. The van der Waals surface area contributed by atoms with Gasteiger partial charge in [0.25, 0.3) is 0 Å². The van der Waals surface area contributed by atoms with Crippen molar-refractivity contribution in [2.75, 3.05) is 57.9 Å². The molecule has 1 aromatic heterocycles. The molecular weight excluding hydrogens is 406 g/mol. The van der Waals surface area contributed by atoms with Crippen molar-refractivity contribution in [2.24, 2.45) is 10.9 Å². The zero-order valence-electron chi connectivity index (χ0n) is 20.0. The SMILES string of the molecule is COCC(C)NC(=NCC1CCC2(COC(C)C2C)O1)N1CCN(c2ccccn2)CC1. The molecule has 1 aromatic rings. The van der Waals surface area contributed by atoms with Crippen molar-refractivity contribution in [1.29, 1.82) is 0 Å². The Morgan fingerprint density at radius 1 is 1.31 bits per heavy atom. The number of hydrogen-bond acceptors (Lipinski definition) is 6. The van der Waals surface area contributed by atoms with E-state index in [4.69, 9.17) is 19.2 Å². The van der Waals surface area contributed by atoms with E-state index in [1.807, 2.05) is 18.3 Å². The summed E-state index contributed by atoms with van der Waals surface area (Å²) in [5.74, 6) is 2.41. The van der Waals surface area contributed by atoms with Gasteiger partial charge in [-0.25, -0.2) is 4.98 Å². The number of pyridine rings is 1. The molecule has 3 aliphatic rings. The lowest BCUT2D eigenvalue weighted by Crippen LogP contribution is -2.54. The molecule has 8 heteroatoms. The van der Waals surface area contributed by atoms with Crippen LogP contribution in [-0.4, -0.2) is 92.7 Å². The number of hydrogen-bond donors (Lipinski definition) is 1. The van der Waals surface area contributed by atoms with Gasteiger partial charge in [0.2, 0.25) is 0 Å². The van der Waals surface area contributed by atoms with Crippen LogP contribution in [0.4, 0.5) is 5.82 Å². The summed E-state index contributed by atoms with van der Waals surface area (Å²) in [5, 5.41) is 3.58. The van der Waals surface area contributed by atoms with Gasteiger partial charge >= 0.3 is 0 Å².